The molecule has 3 aromatic rings. The molecule has 3 aromatic heterocycles. The summed E-state index contributed by atoms with van der Waals surface area (Å²) in [5.41, 5.74) is 1.80. The van der Waals surface area contributed by atoms with Gasteiger partial charge in [-0.05, 0) is 38.1 Å². The molecule has 0 N–H and O–H groups in total. The number of likely N-dealkylation sites (tertiary alicyclic amines) is 1. The Morgan fingerprint density at radius 2 is 2.00 bits per heavy atom. The van der Waals surface area contributed by atoms with Gasteiger partial charge in [-0.1, -0.05) is 0 Å². The smallest absolute Gasteiger partial charge is 0.271 e. The third kappa shape index (κ3) is 3.03. The number of rotatable bonds is 4. The second kappa shape index (κ2) is 6.58. The molecule has 140 valence electrons. The molecule has 7 heteroatoms. The van der Waals surface area contributed by atoms with Gasteiger partial charge in [-0.2, -0.15) is 0 Å². The predicted molar refractivity (Wildman–Crippen MR) is 108 cm³/mol. The maximum Gasteiger partial charge on any atom is 0.271 e. The molecule has 1 saturated heterocycles. The number of carbonyl (C=O) groups excluding carboxylic acids is 1. The van der Waals surface area contributed by atoms with Crippen LogP contribution in [-0.2, 0) is 13.1 Å². The molecule has 0 radical (unpaired) electrons. The summed E-state index contributed by atoms with van der Waals surface area (Å²) in [6.45, 7) is 7.61. The lowest BCUT2D eigenvalue weighted by Crippen LogP contribution is -2.49. The van der Waals surface area contributed by atoms with Gasteiger partial charge in [0.15, 0.2) is 0 Å². The van der Waals surface area contributed by atoms with Gasteiger partial charge in [-0.25, -0.2) is 4.98 Å². The molecule has 5 heterocycles. The highest BCUT2D eigenvalue weighted by atomic mass is 32.1. The van der Waals surface area contributed by atoms with Gasteiger partial charge in [0.05, 0.1) is 29.3 Å². The maximum atomic E-state index is 13.2. The fourth-order valence-electron chi connectivity index (χ4n) is 4.35. The van der Waals surface area contributed by atoms with Crippen LogP contribution >= 0.6 is 22.7 Å². The zero-order valence-electron chi connectivity index (χ0n) is 15.5. The molecule has 5 rings (SSSR count). The van der Waals surface area contributed by atoms with Crippen molar-refractivity contribution in [3.05, 3.63) is 62.0 Å². The molecule has 2 aliphatic rings. The highest BCUT2D eigenvalue weighted by molar-refractivity contribution is 7.11. The Balaban J connectivity index is 1.43. The fourth-order valence-corrected chi connectivity index (χ4v) is 5.89. The van der Waals surface area contributed by atoms with E-state index in [9.17, 15) is 4.79 Å². The van der Waals surface area contributed by atoms with Gasteiger partial charge in [0.2, 0.25) is 0 Å². The number of aryl methyl sites for hydroxylation is 2. The van der Waals surface area contributed by atoms with Crippen LogP contribution in [0.1, 0.15) is 37.0 Å². The lowest BCUT2D eigenvalue weighted by Gasteiger charge is -2.38. The molecular weight excluding hydrogens is 376 g/mol. The number of aromatic nitrogens is 2. The van der Waals surface area contributed by atoms with Crippen molar-refractivity contribution >= 4 is 28.6 Å². The molecule has 2 aliphatic heterocycles. The molecular formula is C20H22N4OS2. The van der Waals surface area contributed by atoms with Crippen molar-refractivity contribution in [2.75, 3.05) is 13.1 Å². The van der Waals surface area contributed by atoms with Crippen LogP contribution in [-0.4, -0.2) is 44.4 Å². The van der Waals surface area contributed by atoms with Gasteiger partial charge in [0.25, 0.3) is 5.91 Å². The van der Waals surface area contributed by atoms with E-state index >= 15 is 0 Å². The monoisotopic (exact) mass is 398 g/mol. The highest BCUT2D eigenvalue weighted by Gasteiger charge is 2.45. The number of carbonyl (C=O) groups is 1. The van der Waals surface area contributed by atoms with Crippen LogP contribution in [0, 0.1) is 13.8 Å². The second-order valence-electron chi connectivity index (χ2n) is 7.43. The van der Waals surface area contributed by atoms with Crippen molar-refractivity contribution in [1.82, 2.24) is 19.4 Å². The molecule has 0 bridgehead atoms. The van der Waals surface area contributed by atoms with Crippen LogP contribution in [0.2, 0.25) is 0 Å². The zero-order chi connectivity index (χ0) is 18.5. The van der Waals surface area contributed by atoms with Gasteiger partial charge < -0.3 is 9.47 Å². The normalized spacial score (nSPS) is 22.3. The molecule has 0 unspecified atom stereocenters. The molecule has 5 nitrogen and oxygen atoms in total. The van der Waals surface area contributed by atoms with Gasteiger partial charge in [0.1, 0.15) is 5.69 Å². The minimum absolute atomic E-state index is 0.126. The summed E-state index contributed by atoms with van der Waals surface area (Å²) in [4.78, 5) is 25.0. The van der Waals surface area contributed by atoms with Crippen LogP contribution in [0.15, 0.2) is 35.8 Å². The van der Waals surface area contributed by atoms with Gasteiger partial charge in [0, 0.05) is 41.0 Å². The molecule has 27 heavy (non-hydrogen) atoms. The number of fused-ring (bicyclic) bond motifs is 3. The Hall–Kier alpha value is -1.96. The van der Waals surface area contributed by atoms with Crippen LogP contribution < -0.4 is 0 Å². The minimum atomic E-state index is 0.126. The largest absolute Gasteiger partial charge is 0.337 e. The Morgan fingerprint density at radius 3 is 2.74 bits per heavy atom. The van der Waals surface area contributed by atoms with Crippen LogP contribution in [0.25, 0.3) is 0 Å². The first-order valence-electron chi connectivity index (χ1n) is 9.25. The molecule has 1 amide bonds. The summed E-state index contributed by atoms with van der Waals surface area (Å²) in [6, 6.07) is 8.86. The molecule has 1 fully saturated rings. The number of nitrogens with zero attached hydrogens (tertiary/aromatic N) is 4. The van der Waals surface area contributed by atoms with E-state index in [-0.39, 0.29) is 11.9 Å². The van der Waals surface area contributed by atoms with E-state index in [1.54, 1.807) is 11.3 Å². The van der Waals surface area contributed by atoms with E-state index in [4.69, 9.17) is 0 Å². The van der Waals surface area contributed by atoms with E-state index in [2.05, 4.69) is 45.1 Å². The average Bonchev–Trinajstić information content (AvgIpc) is 3.39. The maximum absolute atomic E-state index is 13.2. The van der Waals surface area contributed by atoms with Crippen molar-refractivity contribution in [1.29, 1.82) is 0 Å². The Kier molecular flexibility index (Phi) is 4.18. The van der Waals surface area contributed by atoms with E-state index < -0.39 is 0 Å². The summed E-state index contributed by atoms with van der Waals surface area (Å²) < 4.78 is 2.19. The summed E-state index contributed by atoms with van der Waals surface area (Å²) in [6.07, 6.45) is 2.06. The standard InChI is InChI=1S/C20H22N4OS2/c1-13-5-6-16(27-13)9-22-10-18-19(11-22)24(8-15-12-26-14(2)21-15)20(25)17-4-3-7-23(17)18/h3-7,12,18-19H,8-11H2,1-2H3/t18-,19-/m1/s1. The minimum Gasteiger partial charge on any atom is -0.337 e. The van der Waals surface area contributed by atoms with Crippen molar-refractivity contribution in [3.63, 3.8) is 0 Å². The van der Waals surface area contributed by atoms with Crippen molar-refractivity contribution in [2.45, 2.75) is 39.0 Å². The molecule has 0 aliphatic carbocycles. The Bertz CT molecular complexity index is 988. The average molecular weight is 399 g/mol. The van der Waals surface area contributed by atoms with Crippen LogP contribution in [0.5, 0.6) is 0 Å². The number of hydrogen-bond donors (Lipinski definition) is 0. The zero-order valence-corrected chi connectivity index (χ0v) is 17.1. The Morgan fingerprint density at radius 1 is 1.15 bits per heavy atom. The van der Waals surface area contributed by atoms with E-state index in [1.807, 2.05) is 35.3 Å². The van der Waals surface area contributed by atoms with Crippen LogP contribution in [0.4, 0.5) is 0 Å². The van der Waals surface area contributed by atoms with Crippen molar-refractivity contribution in [2.24, 2.45) is 0 Å². The van der Waals surface area contributed by atoms with Crippen molar-refractivity contribution < 1.29 is 4.79 Å². The molecule has 0 aromatic carbocycles. The molecule has 2 atom stereocenters. The number of amides is 1. The fraction of sp³-hybridized carbons (Fsp3) is 0.400. The van der Waals surface area contributed by atoms with E-state index in [0.717, 1.165) is 36.0 Å². The summed E-state index contributed by atoms with van der Waals surface area (Å²) >= 11 is 3.51. The quantitative estimate of drug-likeness (QED) is 0.673. The van der Waals surface area contributed by atoms with Gasteiger partial charge in [-0.3, -0.25) is 9.69 Å². The first kappa shape index (κ1) is 17.2. The second-order valence-corrected chi connectivity index (χ2v) is 9.87. The Labute approximate surface area is 166 Å². The molecule has 0 saturated carbocycles. The highest BCUT2D eigenvalue weighted by Crippen LogP contribution is 2.35. The third-order valence-corrected chi connectivity index (χ3v) is 7.33. The predicted octanol–water partition coefficient (Wildman–Crippen LogP) is 3.70. The van der Waals surface area contributed by atoms with Crippen molar-refractivity contribution in [3.8, 4) is 0 Å². The number of thiophene rings is 1. The lowest BCUT2D eigenvalue weighted by molar-refractivity contribution is 0.0554. The van der Waals surface area contributed by atoms with Gasteiger partial charge >= 0.3 is 0 Å². The van der Waals surface area contributed by atoms with E-state index in [1.165, 1.54) is 9.75 Å². The third-order valence-electron chi connectivity index (χ3n) is 5.53. The summed E-state index contributed by atoms with van der Waals surface area (Å²) in [5.74, 6) is 0.126. The van der Waals surface area contributed by atoms with E-state index in [0.29, 0.717) is 12.6 Å². The summed E-state index contributed by atoms with van der Waals surface area (Å²) in [5, 5.41) is 3.13. The topological polar surface area (TPSA) is 41.4 Å². The number of thiazole rings is 1. The first-order chi connectivity index (χ1) is 13.1. The lowest BCUT2D eigenvalue weighted by atomic mass is 10.1. The SMILES string of the molecule is Cc1ccc(CN2C[C@@H]3[C@@H](C2)n2cccc2C(=O)N3Cc2csc(C)n2)s1. The summed E-state index contributed by atoms with van der Waals surface area (Å²) in [7, 11) is 0. The van der Waals surface area contributed by atoms with Crippen LogP contribution in [0.3, 0.4) is 0 Å². The first-order valence-corrected chi connectivity index (χ1v) is 10.9. The number of hydrogen-bond acceptors (Lipinski definition) is 5. The molecule has 0 spiro atoms. The van der Waals surface area contributed by atoms with Gasteiger partial charge in [-0.15, -0.1) is 22.7 Å².